The molecule has 0 bridgehead atoms. The number of hydrogen-bond donors (Lipinski definition) is 0. The van der Waals surface area contributed by atoms with Crippen LogP contribution in [0.5, 0.6) is 5.75 Å². The molecule has 1 atom stereocenters. The van der Waals surface area contributed by atoms with Gasteiger partial charge in [-0.15, -0.1) is 0 Å². The Labute approximate surface area is 164 Å². The Hall–Kier alpha value is -3.40. The fraction of sp³-hybridized carbons (Fsp3) is 0.167. The van der Waals surface area contributed by atoms with Crippen LogP contribution in [0.3, 0.4) is 0 Å². The molecular weight excluding hydrogens is 350 g/mol. The number of hydrogen-bond acceptors (Lipinski definition) is 3. The second-order valence-electron chi connectivity index (χ2n) is 7.06. The lowest BCUT2D eigenvalue weighted by Crippen LogP contribution is -2.27. The lowest BCUT2D eigenvalue weighted by molar-refractivity contribution is -0.139. The number of carbonyl (C=O) groups excluding carboxylic acids is 2. The van der Waals surface area contributed by atoms with Crippen molar-refractivity contribution in [3.63, 3.8) is 0 Å². The summed E-state index contributed by atoms with van der Waals surface area (Å²) in [6.45, 7) is 2.33. The SMILES string of the molecule is Cc1cccc(N2C[C@@H](C(=O)Oc3ccc(-c4ccccc4)cc3)CC2=O)c1. The molecule has 0 aromatic heterocycles. The number of aryl methyl sites for hydroxylation is 1. The number of anilines is 1. The van der Waals surface area contributed by atoms with Gasteiger partial charge in [0.2, 0.25) is 5.91 Å². The Morgan fingerprint density at radius 1 is 0.929 bits per heavy atom. The first-order chi connectivity index (χ1) is 13.6. The van der Waals surface area contributed by atoms with Crippen LogP contribution in [0.4, 0.5) is 5.69 Å². The minimum absolute atomic E-state index is 0.0491. The molecular formula is C24H21NO3. The van der Waals surface area contributed by atoms with Gasteiger partial charge in [0.15, 0.2) is 0 Å². The maximum absolute atomic E-state index is 12.6. The van der Waals surface area contributed by atoms with Gasteiger partial charge < -0.3 is 9.64 Å². The normalized spacial score (nSPS) is 16.2. The molecule has 0 spiro atoms. The molecule has 0 radical (unpaired) electrons. The van der Waals surface area contributed by atoms with Crippen LogP contribution in [0.15, 0.2) is 78.9 Å². The number of carbonyl (C=O) groups is 2. The maximum atomic E-state index is 12.6. The Morgan fingerprint density at radius 2 is 1.64 bits per heavy atom. The van der Waals surface area contributed by atoms with Crippen LogP contribution >= 0.6 is 0 Å². The van der Waals surface area contributed by atoms with E-state index >= 15 is 0 Å². The summed E-state index contributed by atoms with van der Waals surface area (Å²) in [5, 5.41) is 0. The van der Waals surface area contributed by atoms with Crippen LogP contribution in [-0.2, 0) is 9.59 Å². The third kappa shape index (κ3) is 3.81. The summed E-state index contributed by atoms with van der Waals surface area (Å²) in [6, 6.07) is 25.2. The Bertz CT molecular complexity index is 996. The van der Waals surface area contributed by atoms with E-state index in [9.17, 15) is 9.59 Å². The molecule has 1 fully saturated rings. The second kappa shape index (κ2) is 7.69. The first kappa shape index (κ1) is 18.0. The van der Waals surface area contributed by atoms with Crippen molar-refractivity contribution >= 4 is 17.6 Å². The quantitative estimate of drug-likeness (QED) is 0.497. The first-order valence-corrected chi connectivity index (χ1v) is 9.34. The summed E-state index contributed by atoms with van der Waals surface area (Å²) in [4.78, 5) is 26.6. The van der Waals surface area contributed by atoms with Gasteiger partial charge in [0.05, 0.1) is 5.92 Å². The van der Waals surface area contributed by atoms with E-state index in [4.69, 9.17) is 4.74 Å². The van der Waals surface area contributed by atoms with Crippen LogP contribution in [-0.4, -0.2) is 18.4 Å². The molecule has 0 aliphatic carbocycles. The zero-order chi connectivity index (χ0) is 19.5. The summed E-state index contributed by atoms with van der Waals surface area (Å²) >= 11 is 0. The third-order valence-corrected chi connectivity index (χ3v) is 4.95. The van der Waals surface area contributed by atoms with Crippen molar-refractivity contribution in [3.8, 4) is 16.9 Å². The number of benzene rings is 3. The van der Waals surface area contributed by atoms with Gasteiger partial charge in [0.25, 0.3) is 0 Å². The van der Waals surface area contributed by atoms with Crippen molar-refractivity contribution in [2.45, 2.75) is 13.3 Å². The highest BCUT2D eigenvalue weighted by Gasteiger charge is 2.36. The van der Waals surface area contributed by atoms with E-state index in [0.717, 1.165) is 22.4 Å². The molecule has 3 aromatic carbocycles. The second-order valence-corrected chi connectivity index (χ2v) is 7.06. The van der Waals surface area contributed by atoms with Gasteiger partial charge >= 0.3 is 5.97 Å². The van der Waals surface area contributed by atoms with Crippen LogP contribution in [0, 0.1) is 12.8 Å². The number of rotatable bonds is 4. The molecule has 140 valence electrons. The number of amides is 1. The Kier molecular flexibility index (Phi) is 4.94. The molecule has 28 heavy (non-hydrogen) atoms. The van der Waals surface area contributed by atoms with Crippen molar-refractivity contribution in [1.29, 1.82) is 0 Å². The molecule has 4 nitrogen and oxygen atoms in total. The highest BCUT2D eigenvalue weighted by molar-refractivity contribution is 5.99. The standard InChI is InChI=1S/C24H21NO3/c1-17-6-5-9-21(14-17)25-16-20(15-23(25)26)24(27)28-22-12-10-19(11-13-22)18-7-3-2-4-8-18/h2-14,20H,15-16H2,1H3/t20-/m0/s1. The molecule has 1 aliphatic heterocycles. The van der Waals surface area contributed by atoms with Crippen LogP contribution in [0.25, 0.3) is 11.1 Å². The van der Waals surface area contributed by atoms with Crippen molar-refractivity contribution in [1.82, 2.24) is 0 Å². The van der Waals surface area contributed by atoms with Gasteiger partial charge in [-0.1, -0.05) is 54.6 Å². The van der Waals surface area contributed by atoms with Gasteiger partial charge in [-0.2, -0.15) is 0 Å². The molecule has 3 aromatic rings. The summed E-state index contributed by atoms with van der Waals surface area (Å²) in [6.07, 6.45) is 0.175. The fourth-order valence-corrected chi connectivity index (χ4v) is 3.46. The first-order valence-electron chi connectivity index (χ1n) is 9.34. The van der Waals surface area contributed by atoms with Crippen LogP contribution < -0.4 is 9.64 Å². The van der Waals surface area contributed by atoms with Crippen molar-refractivity contribution < 1.29 is 14.3 Å². The van der Waals surface area contributed by atoms with E-state index in [0.29, 0.717) is 12.3 Å². The Morgan fingerprint density at radius 3 is 2.36 bits per heavy atom. The molecule has 1 saturated heterocycles. The van der Waals surface area contributed by atoms with Gasteiger partial charge in [0, 0.05) is 18.7 Å². The highest BCUT2D eigenvalue weighted by Crippen LogP contribution is 2.28. The zero-order valence-corrected chi connectivity index (χ0v) is 15.7. The predicted molar refractivity (Wildman–Crippen MR) is 109 cm³/mol. The monoisotopic (exact) mass is 371 g/mol. The number of esters is 1. The lowest BCUT2D eigenvalue weighted by Gasteiger charge is -2.17. The summed E-state index contributed by atoms with van der Waals surface area (Å²) in [5.41, 5.74) is 4.07. The van der Waals surface area contributed by atoms with E-state index in [2.05, 4.69) is 0 Å². The molecule has 0 saturated carbocycles. The maximum Gasteiger partial charge on any atom is 0.316 e. The van der Waals surface area contributed by atoms with E-state index in [1.807, 2.05) is 73.7 Å². The summed E-state index contributed by atoms with van der Waals surface area (Å²) in [7, 11) is 0. The van der Waals surface area contributed by atoms with Gasteiger partial charge in [-0.05, 0) is 47.9 Å². The van der Waals surface area contributed by atoms with E-state index < -0.39 is 5.92 Å². The number of nitrogens with zero attached hydrogens (tertiary/aromatic N) is 1. The fourth-order valence-electron chi connectivity index (χ4n) is 3.46. The van der Waals surface area contributed by atoms with Crippen LogP contribution in [0.2, 0.25) is 0 Å². The van der Waals surface area contributed by atoms with Crippen LogP contribution in [0.1, 0.15) is 12.0 Å². The lowest BCUT2D eigenvalue weighted by atomic mass is 10.1. The third-order valence-electron chi connectivity index (χ3n) is 4.95. The molecule has 0 N–H and O–H groups in total. The van der Waals surface area contributed by atoms with Crippen molar-refractivity contribution in [2.75, 3.05) is 11.4 Å². The van der Waals surface area contributed by atoms with Crippen molar-refractivity contribution in [2.24, 2.45) is 5.92 Å². The summed E-state index contributed by atoms with van der Waals surface area (Å²) < 4.78 is 5.53. The zero-order valence-electron chi connectivity index (χ0n) is 15.7. The minimum Gasteiger partial charge on any atom is -0.426 e. The molecule has 0 unspecified atom stereocenters. The van der Waals surface area contributed by atoms with Gasteiger partial charge in [-0.25, -0.2) is 0 Å². The van der Waals surface area contributed by atoms with Gasteiger partial charge in [-0.3, -0.25) is 9.59 Å². The van der Waals surface area contributed by atoms with E-state index in [-0.39, 0.29) is 18.3 Å². The largest absolute Gasteiger partial charge is 0.426 e. The topological polar surface area (TPSA) is 46.6 Å². The predicted octanol–water partition coefficient (Wildman–Crippen LogP) is 4.62. The molecule has 1 amide bonds. The smallest absolute Gasteiger partial charge is 0.316 e. The highest BCUT2D eigenvalue weighted by atomic mass is 16.5. The van der Waals surface area contributed by atoms with Crippen molar-refractivity contribution in [3.05, 3.63) is 84.4 Å². The Balaban J connectivity index is 1.42. The van der Waals surface area contributed by atoms with Gasteiger partial charge in [0.1, 0.15) is 5.75 Å². The van der Waals surface area contributed by atoms with E-state index in [1.165, 1.54) is 0 Å². The van der Waals surface area contributed by atoms with E-state index in [1.54, 1.807) is 17.0 Å². The minimum atomic E-state index is -0.457. The average molecular weight is 371 g/mol. The average Bonchev–Trinajstić information content (AvgIpc) is 3.11. The number of ether oxygens (including phenoxy) is 1. The molecule has 1 heterocycles. The molecule has 4 heteroatoms. The molecule has 1 aliphatic rings. The molecule has 4 rings (SSSR count). The summed E-state index contributed by atoms with van der Waals surface area (Å²) in [5.74, 6) is -0.379.